The van der Waals surface area contributed by atoms with Gasteiger partial charge in [-0.2, -0.15) is 0 Å². The molecule has 0 aliphatic carbocycles. The third-order valence-corrected chi connectivity index (χ3v) is 4.60. The van der Waals surface area contributed by atoms with Crippen LogP contribution in [0.25, 0.3) is 0 Å². The monoisotopic (exact) mass is 309 g/mol. The summed E-state index contributed by atoms with van der Waals surface area (Å²) in [5.74, 6) is -0.175. The van der Waals surface area contributed by atoms with Crippen molar-refractivity contribution in [1.29, 1.82) is 0 Å². The summed E-state index contributed by atoms with van der Waals surface area (Å²) < 4.78 is 10.9. The Balaban J connectivity index is 1.75. The Hall–Kier alpha value is -1.73. The van der Waals surface area contributed by atoms with Crippen molar-refractivity contribution in [3.8, 4) is 5.75 Å². The Morgan fingerprint density at radius 2 is 2.14 bits per heavy atom. The lowest BCUT2D eigenvalue weighted by Gasteiger charge is -2.36. The Morgan fingerprint density at radius 1 is 1.33 bits per heavy atom. The number of hydrogen-bond donors (Lipinski definition) is 1. The van der Waals surface area contributed by atoms with Gasteiger partial charge >= 0.3 is 5.97 Å². The zero-order valence-electron chi connectivity index (χ0n) is 11.2. The van der Waals surface area contributed by atoms with Crippen LogP contribution in [0.1, 0.15) is 0 Å². The quantitative estimate of drug-likeness (QED) is 0.873. The summed E-state index contributed by atoms with van der Waals surface area (Å²) in [6.07, 6.45) is -0.648. The average Bonchev–Trinajstić information content (AvgIpc) is 2.53. The number of thioether (sulfide) groups is 1. The molecule has 1 saturated heterocycles. The first kappa shape index (κ1) is 14.2. The van der Waals surface area contributed by atoms with Crippen molar-refractivity contribution < 1.29 is 24.2 Å². The van der Waals surface area contributed by atoms with Crippen molar-refractivity contribution in [2.24, 2.45) is 0 Å². The number of ether oxygens (including phenoxy) is 2. The molecule has 6 nitrogen and oxygen atoms in total. The van der Waals surface area contributed by atoms with Crippen molar-refractivity contribution in [2.45, 2.75) is 17.0 Å². The second-order valence-electron chi connectivity index (χ2n) is 4.82. The molecule has 2 aliphatic rings. The van der Waals surface area contributed by atoms with Gasteiger partial charge in [-0.1, -0.05) is 12.1 Å². The van der Waals surface area contributed by atoms with E-state index >= 15 is 0 Å². The summed E-state index contributed by atoms with van der Waals surface area (Å²) in [6, 6.07) is 6.59. The maximum atomic E-state index is 12.5. The highest BCUT2D eigenvalue weighted by Gasteiger charge is 2.38. The highest BCUT2D eigenvalue weighted by molar-refractivity contribution is 7.99. The Kier molecular flexibility index (Phi) is 4.03. The molecule has 1 amide bonds. The second kappa shape index (κ2) is 5.95. The molecule has 7 heteroatoms. The fourth-order valence-corrected chi connectivity index (χ4v) is 3.37. The smallest absolute Gasteiger partial charge is 0.328 e. The van der Waals surface area contributed by atoms with E-state index in [0.717, 1.165) is 4.90 Å². The van der Waals surface area contributed by atoms with Gasteiger partial charge in [0.15, 0.2) is 12.1 Å². The Bertz CT molecular complexity index is 564. The van der Waals surface area contributed by atoms with E-state index in [9.17, 15) is 14.7 Å². The number of rotatable bonds is 2. The van der Waals surface area contributed by atoms with E-state index in [1.165, 1.54) is 4.90 Å². The Labute approximate surface area is 126 Å². The highest BCUT2D eigenvalue weighted by Crippen LogP contribution is 2.35. The molecule has 21 heavy (non-hydrogen) atoms. The van der Waals surface area contributed by atoms with Gasteiger partial charge in [0.1, 0.15) is 5.75 Å². The van der Waals surface area contributed by atoms with Crippen molar-refractivity contribution in [3.63, 3.8) is 0 Å². The number of amides is 1. The first-order valence-corrected chi connectivity index (χ1v) is 7.65. The van der Waals surface area contributed by atoms with E-state index in [4.69, 9.17) is 9.47 Å². The van der Waals surface area contributed by atoms with Crippen LogP contribution >= 0.6 is 11.8 Å². The van der Waals surface area contributed by atoms with Gasteiger partial charge in [0.2, 0.25) is 0 Å². The number of carbonyl (C=O) groups excluding carboxylic acids is 1. The van der Waals surface area contributed by atoms with E-state index in [1.807, 2.05) is 24.3 Å². The maximum absolute atomic E-state index is 12.5. The van der Waals surface area contributed by atoms with Crippen LogP contribution in [0.15, 0.2) is 29.2 Å². The SMILES string of the molecule is O=C(O)[C@H]1COCCN1C(=O)[C@@H]1CSc2ccccc2O1. The lowest BCUT2D eigenvalue weighted by Crippen LogP contribution is -2.56. The fourth-order valence-electron chi connectivity index (χ4n) is 2.40. The highest BCUT2D eigenvalue weighted by atomic mass is 32.2. The van der Waals surface area contributed by atoms with Crippen molar-refractivity contribution >= 4 is 23.6 Å². The van der Waals surface area contributed by atoms with Gasteiger partial charge in [-0.3, -0.25) is 4.79 Å². The normalized spacial score (nSPS) is 24.9. The number of hydrogen-bond acceptors (Lipinski definition) is 5. The standard InChI is InChI=1S/C14H15NO5S/c16-13(15-5-6-19-7-9(15)14(17)18)11-8-21-12-4-2-1-3-10(12)20-11/h1-4,9,11H,5-8H2,(H,17,18)/t9-,11+/m1/s1. The van der Waals surface area contributed by atoms with E-state index in [0.29, 0.717) is 18.1 Å². The van der Waals surface area contributed by atoms with Crippen molar-refractivity contribution in [1.82, 2.24) is 4.90 Å². The van der Waals surface area contributed by atoms with Gasteiger partial charge in [-0.25, -0.2) is 4.79 Å². The van der Waals surface area contributed by atoms with Gasteiger partial charge in [0, 0.05) is 17.2 Å². The number of fused-ring (bicyclic) bond motifs is 1. The van der Waals surface area contributed by atoms with Gasteiger partial charge < -0.3 is 19.5 Å². The van der Waals surface area contributed by atoms with Crippen LogP contribution in [0.3, 0.4) is 0 Å². The third kappa shape index (κ3) is 2.84. The molecule has 1 fully saturated rings. The molecule has 2 atom stereocenters. The van der Waals surface area contributed by atoms with Crippen LogP contribution in [0, 0.1) is 0 Å². The molecule has 0 aromatic heterocycles. The molecular weight excluding hydrogens is 294 g/mol. The fraction of sp³-hybridized carbons (Fsp3) is 0.429. The summed E-state index contributed by atoms with van der Waals surface area (Å²) in [7, 11) is 0. The summed E-state index contributed by atoms with van der Waals surface area (Å²) in [5, 5.41) is 9.19. The van der Waals surface area contributed by atoms with Crippen LogP contribution in [0.2, 0.25) is 0 Å². The van der Waals surface area contributed by atoms with Crippen LogP contribution in [-0.2, 0) is 14.3 Å². The zero-order chi connectivity index (χ0) is 14.8. The molecule has 1 N–H and O–H groups in total. The predicted molar refractivity (Wildman–Crippen MR) is 75.5 cm³/mol. The molecule has 2 aliphatic heterocycles. The molecule has 1 aromatic carbocycles. The first-order valence-electron chi connectivity index (χ1n) is 6.66. The van der Waals surface area contributed by atoms with Crippen LogP contribution in [0.5, 0.6) is 5.75 Å². The van der Waals surface area contributed by atoms with Gasteiger partial charge in [-0.05, 0) is 12.1 Å². The Morgan fingerprint density at radius 3 is 2.95 bits per heavy atom. The summed E-state index contributed by atoms with van der Waals surface area (Å²) in [4.78, 5) is 26.1. The molecule has 2 heterocycles. The van der Waals surface area contributed by atoms with Gasteiger partial charge in [-0.15, -0.1) is 11.8 Å². The minimum atomic E-state index is -1.05. The number of carboxylic acids is 1. The average molecular weight is 309 g/mol. The molecule has 0 spiro atoms. The number of benzene rings is 1. The number of nitrogens with zero attached hydrogens (tertiary/aromatic N) is 1. The third-order valence-electron chi connectivity index (χ3n) is 3.48. The number of carboxylic acid groups (broad SMARTS) is 1. The number of morpholine rings is 1. The van der Waals surface area contributed by atoms with Crippen LogP contribution in [-0.4, -0.2) is 59.5 Å². The molecule has 112 valence electrons. The van der Waals surface area contributed by atoms with E-state index in [2.05, 4.69) is 0 Å². The molecule has 0 unspecified atom stereocenters. The number of carbonyl (C=O) groups is 2. The lowest BCUT2D eigenvalue weighted by molar-refractivity contribution is -0.161. The lowest BCUT2D eigenvalue weighted by atomic mass is 10.2. The number of para-hydroxylation sites is 1. The van der Waals surface area contributed by atoms with E-state index < -0.39 is 18.1 Å². The maximum Gasteiger partial charge on any atom is 0.328 e. The molecule has 1 aromatic rings. The van der Waals surface area contributed by atoms with Crippen LogP contribution in [0.4, 0.5) is 0 Å². The summed E-state index contributed by atoms with van der Waals surface area (Å²) in [6.45, 7) is 0.658. The van der Waals surface area contributed by atoms with E-state index in [1.54, 1.807) is 11.8 Å². The van der Waals surface area contributed by atoms with Crippen molar-refractivity contribution in [3.05, 3.63) is 24.3 Å². The molecule has 0 radical (unpaired) electrons. The van der Waals surface area contributed by atoms with E-state index in [-0.39, 0.29) is 19.1 Å². The second-order valence-corrected chi connectivity index (χ2v) is 5.89. The number of aliphatic carboxylic acids is 1. The predicted octanol–water partition coefficient (Wildman–Crippen LogP) is 0.852. The first-order chi connectivity index (χ1) is 10.2. The molecular formula is C14H15NO5S. The van der Waals surface area contributed by atoms with Crippen molar-refractivity contribution in [2.75, 3.05) is 25.5 Å². The topological polar surface area (TPSA) is 76.1 Å². The molecule has 3 rings (SSSR count). The molecule has 0 saturated carbocycles. The zero-order valence-corrected chi connectivity index (χ0v) is 12.0. The van der Waals surface area contributed by atoms with Gasteiger partial charge in [0.05, 0.1) is 13.2 Å². The van der Waals surface area contributed by atoms with Crippen LogP contribution < -0.4 is 4.74 Å². The minimum absolute atomic E-state index is 0.0253. The van der Waals surface area contributed by atoms with Gasteiger partial charge in [0.25, 0.3) is 5.91 Å². The summed E-state index contributed by atoms with van der Waals surface area (Å²) in [5.41, 5.74) is 0. The largest absolute Gasteiger partial charge is 0.480 e. The summed E-state index contributed by atoms with van der Waals surface area (Å²) >= 11 is 1.55. The minimum Gasteiger partial charge on any atom is -0.480 e. The molecule has 0 bridgehead atoms.